The van der Waals surface area contributed by atoms with Crippen LogP contribution < -0.4 is 4.74 Å². The van der Waals surface area contributed by atoms with Gasteiger partial charge in [0.25, 0.3) is 0 Å². The van der Waals surface area contributed by atoms with E-state index in [9.17, 15) is 0 Å². The molecule has 4 heteroatoms. The van der Waals surface area contributed by atoms with Crippen LogP contribution >= 0.6 is 0 Å². The van der Waals surface area contributed by atoms with E-state index in [1.54, 1.807) is 13.3 Å². The van der Waals surface area contributed by atoms with E-state index in [0.717, 1.165) is 35.5 Å². The Kier molecular flexibility index (Phi) is 4.06. The smallest absolute Gasteiger partial charge is 0.118 e. The molecule has 0 aliphatic carbocycles. The van der Waals surface area contributed by atoms with Crippen LogP contribution in [0.3, 0.4) is 0 Å². The molecule has 0 saturated heterocycles. The largest absolute Gasteiger partial charge is 0.497 e. The van der Waals surface area contributed by atoms with E-state index in [0.29, 0.717) is 6.42 Å². The number of methoxy groups -OCH3 is 1. The van der Waals surface area contributed by atoms with Gasteiger partial charge in [0.05, 0.1) is 30.8 Å². The predicted molar refractivity (Wildman–Crippen MR) is 84.9 cm³/mol. The van der Waals surface area contributed by atoms with Crippen LogP contribution in [0.15, 0.2) is 48.8 Å². The summed E-state index contributed by atoms with van der Waals surface area (Å²) in [5.74, 6) is 0.872. The maximum absolute atomic E-state index is 8.87. The zero-order valence-corrected chi connectivity index (χ0v) is 12.5. The molecule has 0 bridgehead atoms. The Morgan fingerprint density at radius 2 is 1.95 bits per heavy atom. The monoisotopic (exact) mass is 291 g/mol. The first kappa shape index (κ1) is 14.2. The Labute approximate surface area is 129 Å². The summed E-state index contributed by atoms with van der Waals surface area (Å²) >= 11 is 0. The lowest BCUT2D eigenvalue weighted by atomic mass is 10.1. The lowest BCUT2D eigenvalue weighted by Crippen LogP contribution is -2.00. The van der Waals surface area contributed by atoms with Gasteiger partial charge >= 0.3 is 0 Å². The molecule has 0 radical (unpaired) electrons. The minimum Gasteiger partial charge on any atom is -0.497 e. The third-order valence-corrected chi connectivity index (χ3v) is 3.81. The first-order valence-corrected chi connectivity index (χ1v) is 7.25. The molecular formula is C18H17N3O. The molecule has 0 amide bonds. The summed E-state index contributed by atoms with van der Waals surface area (Å²) in [6.45, 7) is 0. The maximum atomic E-state index is 8.87. The first-order valence-electron chi connectivity index (χ1n) is 7.25. The average molecular weight is 291 g/mol. The van der Waals surface area contributed by atoms with Gasteiger partial charge < -0.3 is 9.14 Å². The lowest BCUT2D eigenvalue weighted by Gasteiger charge is -2.06. The van der Waals surface area contributed by atoms with Crippen molar-refractivity contribution in [3.63, 3.8) is 0 Å². The number of nitrogens with zero attached hydrogens (tertiary/aromatic N) is 3. The molecule has 3 rings (SSSR count). The van der Waals surface area contributed by atoms with Gasteiger partial charge in [-0.15, -0.1) is 0 Å². The highest BCUT2D eigenvalue weighted by Gasteiger charge is 2.07. The van der Waals surface area contributed by atoms with Crippen molar-refractivity contribution in [2.24, 2.45) is 0 Å². The molecular weight excluding hydrogens is 274 g/mol. The molecule has 22 heavy (non-hydrogen) atoms. The predicted octanol–water partition coefficient (Wildman–Crippen LogP) is 3.19. The second kappa shape index (κ2) is 6.31. The second-order valence-corrected chi connectivity index (χ2v) is 5.14. The molecule has 0 N–H and O–H groups in total. The number of aromatic nitrogens is 2. The molecule has 3 aromatic rings. The molecule has 1 aromatic carbocycles. The van der Waals surface area contributed by atoms with Gasteiger partial charge in [0.1, 0.15) is 5.75 Å². The van der Waals surface area contributed by atoms with Crippen LogP contribution in [0.4, 0.5) is 0 Å². The van der Waals surface area contributed by atoms with E-state index in [4.69, 9.17) is 10.00 Å². The lowest BCUT2D eigenvalue weighted by molar-refractivity contribution is 0.414. The van der Waals surface area contributed by atoms with Crippen molar-refractivity contribution in [3.05, 3.63) is 65.7 Å². The van der Waals surface area contributed by atoms with Crippen LogP contribution in [0.1, 0.15) is 17.0 Å². The third kappa shape index (κ3) is 2.79. The zero-order chi connectivity index (χ0) is 15.4. The summed E-state index contributed by atoms with van der Waals surface area (Å²) in [7, 11) is 1.67. The van der Waals surface area contributed by atoms with Crippen LogP contribution in [-0.2, 0) is 19.3 Å². The number of ether oxygens (including phenoxy) is 1. The normalized spacial score (nSPS) is 10.5. The number of aryl methyl sites for hydroxylation is 2. The fraction of sp³-hybridized carbons (Fsp3) is 0.222. The van der Waals surface area contributed by atoms with E-state index in [2.05, 4.69) is 27.6 Å². The standard InChI is InChI=1S/C18H17N3O/c1-22-16-6-2-14(3-7-16)4-8-17-18-9-5-15(10-11-19)21(18)13-12-20-17/h2-3,5-7,9,12-13H,4,8,10H2,1H3. The molecule has 0 saturated carbocycles. The van der Waals surface area contributed by atoms with Crippen LogP contribution in [0.2, 0.25) is 0 Å². The Morgan fingerprint density at radius 1 is 1.14 bits per heavy atom. The molecule has 4 nitrogen and oxygen atoms in total. The Hall–Kier alpha value is -2.80. The summed E-state index contributed by atoms with van der Waals surface area (Å²) in [5, 5.41) is 8.87. The molecule has 2 heterocycles. The second-order valence-electron chi connectivity index (χ2n) is 5.14. The van der Waals surface area contributed by atoms with Crippen molar-refractivity contribution in [1.82, 2.24) is 9.38 Å². The first-order chi connectivity index (χ1) is 10.8. The van der Waals surface area contributed by atoms with Gasteiger partial charge in [0, 0.05) is 18.1 Å². The average Bonchev–Trinajstić information content (AvgIpc) is 2.97. The SMILES string of the molecule is COc1ccc(CCc2nccn3c(CC#N)ccc23)cc1. The Bertz CT molecular complexity index is 812. The van der Waals surface area contributed by atoms with Crippen molar-refractivity contribution < 1.29 is 4.74 Å². The van der Waals surface area contributed by atoms with Crippen LogP contribution in [0.25, 0.3) is 5.52 Å². The van der Waals surface area contributed by atoms with Crippen molar-refractivity contribution in [2.75, 3.05) is 7.11 Å². The Morgan fingerprint density at radius 3 is 2.68 bits per heavy atom. The molecule has 0 fully saturated rings. The summed E-state index contributed by atoms with van der Waals surface area (Å²) in [4.78, 5) is 4.50. The molecule has 110 valence electrons. The summed E-state index contributed by atoms with van der Waals surface area (Å²) in [6, 6.07) is 14.4. The van der Waals surface area contributed by atoms with E-state index in [-0.39, 0.29) is 0 Å². The summed E-state index contributed by atoms with van der Waals surface area (Å²) < 4.78 is 7.23. The molecule has 0 aliphatic heterocycles. The third-order valence-electron chi connectivity index (χ3n) is 3.81. The van der Waals surface area contributed by atoms with Crippen LogP contribution in [0.5, 0.6) is 5.75 Å². The van der Waals surface area contributed by atoms with Crippen molar-refractivity contribution in [1.29, 1.82) is 5.26 Å². The topological polar surface area (TPSA) is 50.3 Å². The molecule has 0 unspecified atom stereocenters. The number of benzene rings is 1. The minimum absolute atomic E-state index is 0.413. The van der Waals surface area contributed by atoms with Crippen molar-refractivity contribution in [2.45, 2.75) is 19.3 Å². The van der Waals surface area contributed by atoms with Gasteiger partial charge in [0.15, 0.2) is 0 Å². The van der Waals surface area contributed by atoms with Gasteiger partial charge in [-0.2, -0.15) is 5.26 Å². The Balaban J connectivity index is 1.80. The van der Waals surface area contributed by atoms with Gasteiger partial charge in [-0.25, -0.2) is 0 Å². The molecule has 0 aliphatic rings. The number of fused-ring (bicyclic) bond motifs is 1. The van der Waals surface area contributed by atoms with E-state index >= 15 is 0 Å². The van der Waals surface area contributed by atoms with Gasteiger partial charge in [-0.3, -0.25) is 4.98 Å². The summed E-state index contributed by atoms with van der Waals surface area (Å²) in [5.41, 5.74) is 4.41. The molecule has 0 spiro atoms. The van der Waals surface area contributed by atoms with Gasteiger partial charge in [-0.05, 0) is 42.7 Å². The van der Waals surface area contributed by atoms with Crippen molar-refractivity contribution in [3.8, 4) is 11.8 Å². The van der Waals surface area contributed by atoms with Crippen LogP contribution in [-0.4, -0.2) is 16.5 Å². The number of rotatable bonds is 5. The molecule has 2 aromatic heterocycles. The van der Waals surface area contributed by atoms with Gasteiger partial charge in [-0.1, -0.05) is 12.1 Å². The van der Waals surface area contributed by atoms with E-state index < -0.39 is 0 Å². The fourth-order valence-electron chi connectivity index (χ4n) is 2.63. The highest BCUT2D eigenvalue weighted by molar-refractivity contribution is 5.54. The number of nitriles is 1. The van der Waals surface area contributed by atoms with Crippen molar-refractivity contribution >= 4 is 5.52 Å². The van der Waals surface area contributed by atoms with Crippen LogP contribution in [0, 0.1) is 11.3 Å². The summed E-state index contributed by atoms with van der Waals surface area (Å²) in [6.07, 6.45) is 5.92. The van der Waals surface area contributed by atoms with E-state index in [1.807, 2.05) is 30.5 Å². The van der Waals surface area contributed by atoms with E-state index in [1.165, 1.54) is 5.56 Å². The number of hydrogen-bond donors (Lipinski definition) is 0. The molecule has 0 atom stereocenters. The van der Waals surface area contributed by atoms with Gasteiger partial charge in [0.2, 0.25) is 0 Å². The minimum atomic E-state index is 0.413. The highest BCUT2D eigenvalue weighted by atomic mass is 16.5. The highest BCUT2D eigenvalue weighted by Crippen LogP contribution is 2.17. The number of hydrogen-bond acceptors (Lipinski definition) is 3. The zero-order valence-electron chi connectivity index (χ0n) is 12.5. The fourth-order valence-corrected chi connectivity index (χ4v) is 2.63. The maximum Gasteiger partial charge on any atom is 0.118 e. The quantitative estimate of drug-likeness (QED) is 0.725.